The molecule has 0 saturated heterocycles. The number of hydrogen-bond donors (Lipinski definition) is 1. The number of carboxylic acid groups (broad SMARTS) is 1. The van der Waals surface area contributed by atoms with E-state index in [4.69, 9.17) is 0 Å². The van der Waals surface area contributed by atoms with Crippen LogP contribution in [0.15, 0.2) is 22.7 Å². The molecule has 1 N–H and O–H groups in total. The third kappa shape index (κ3) is 3.10. The monoisotopic (exact) mass is 314 g/mol. The fraction of sp³-hybridized carbons (Fsp3) is 0.500. The van der Waals surface area contributed by atoms with E-state index in [1.54, 1.807) is 12.1 Å². The summed E-state index contributed by atoms with van der Waals surface area (Å²) in [6.45, 7) is 0. The van der Waals surface area contributed by atoms with Crippen LogP contribution in [0, 0.1) is 17.7 Å². The summed E-state index contributed by atoms with van der Waals surface area (Å²) in [5, 5.41) is 9.31. The summed E-state index contributed by atoms with van der Waals surface area (Å²) in [6, 6.07) is 4.82. The Balaban J connectivity index is 2.15. The Bertz CT molecular complexity index is 441. The number of aliphatic carboxylic acids is 1. The molecule has 0 aliphatic heterocycles. The van der Waals surface area contributed by atoms with E-state index >= 15 is 0 Å². The summed E-state index contributed by atoms with van der Waals surface area (Å²) in [5.41, 5.74) is 0.498. The molecule has 18 heavy (non-hydrogen) atoms. The minimum atomic E-state index is -0.802. The molecule has 1 unspecified atom stereocenters. The van der Waals surface area contributed by atoms with E-state index in [1.165, 1.54) is 6.07 Å². The zero-order chi connectivity index (χ0) is 13.1. The predicted octanol–water partition coefficient (Wildman–Crippen LogP) is 4.02. The highest BCUT2D eigenvalue weighted by Gasteiger charge is 2.31. The first-order valence-electron chi connectivity index (χ1n) is 6.24. The molecule has 1 aromatic rings. The van der Waals surface area contributed by atoms with Crippen LogP contribution in [0.3, 0.4) is 0 Å². The van der Waals surface area contributed by atoms with Gasteiger partial charge in [0.25, 0.3) is 0 Å². The van der Waals surface area contributed by atoms with Gasteiger partial charge >= 0.3 is 5.97 Å². The quantitative estimate of drug-likeness (QED) is 0.911. The fourth-order valence-electron chi connectivity index (χ4n) is 2.74. The van der Waals surface area contributed by atoms with Crippen LogP contribution in [0.1, 0.15) is 31.2 Å². The van der Waals surface area contributed by atoms with Crippen molar-refractivity contribution in [1.29, 1.82) is 0 Å². The smallest absolute Gasteiger partial charge is 0.307 e. The second kappa shape index (κ2) is 5.83. The highest BCUT2D eigenvalue weighted by molar-refractivity contribution is 9.10. The molecule has 98 valence electrons. The first-order chi connectivity index (χ1) is 8.58. The zero-order valence-corrected chi connectivity index (χ0v) is 11.6. The average molecular weight is 315 g/mol. The van der Waals surface area contributed by atoms with Crippen LogP contribution < -0.4 is 0 Å². The van der Waals surface area contributed by atoms with Crippen LogP contribution >= 0.6 is 15.9 Å². The minimum absolute atomic E-state index is 0.200. The maximum atomic E-state index is 13.7. The van der Waals surface area contributed by atoms with Crippen molar-refractivity contribution in [3.8, 4) is 0 Å². The molecule has 0 bridgehead atoms. The van der Waals surface area contributed by atoms with Crippen molar-refractivity contribution in [2.75, 3.05) is 0 Å². The summed E-state index contributed by atoms with van der Waals surface area (Å²) in [4.78, 5) is 11.3. The van der Waals surface area contributed by atoms with Crippen molar-refractivity contribution in [2.45, 2.75) is 32.1 Å². The summed E-state index contributed by atoms with van der Waals surface area (Å²) in [6.07, 6.45) is 4.39. The van der Waals surface area contributed by atoms with Gasteiger partial charge in [0.05, 0.1) is 5.92 Å². The topological polar surface area (TPSA) is 37.3 Å². The van der Waals surface area contributed by atoms with Gasteiger partial charge in [-0.05, 0) is 42.9 Å². The van der Waals surface area contributed by atoms with Crippen molar-refractivity contribution >= 4 is 21.9 Å². The zero-order valence-electron chi connectivity index (χ0n) is 10.0. The Kier molecular flexibility index (Phi) is 4.38. The lowest BCUT2D eigenvalue weighted by molar-refractivity contribution is -0.143. The van der Waals surface area contributed by atoms with Gasteiger partial charge in [-0.25, -0.2) is 4.39 Å². The van der Waals surface area contributed by atoms with Gasteiger partial charge in [-0.2, -0.15) is 0 Å². The van der Waals surface area contributed by atoms with Gasteiger partial charge in [0, 0.05) is 4.47 Å². The van der Waals surface area contributed by atoms with Crippen LogP contribution in [-0.2, 0) is 11.2 Å². The van der Waals surface area contributed by atoms with E-state index in [-0.39, 0.29) is 11.7 Å². The third-order valence-corrected chi connectivity index (χ3v) is 4.23. The lowest BCUT2D eigenvalue weighted by Gasteiger charge is -2.19. The number of carboxylic acids is 1. The predicted molar refractivity (Wildman–Crippen MR) is 70.9 cm³/mol. The van der Waals surface area contributed by atoms with Gasteiger partial charge in [-0.3, -0.25) is 4.79 Å². The molecule has 4 heteroatoms. The van der Waals surface area contributed by atoms with Crippen LogP contribution in [0.2, 0.25) is 0 Å². The van der Waals surface area contributed by atoms with E-state index in [0.717, 1.165) is 25.7 Å². The number of hydrogen-bond acceptors (Lipinski definition) is 1. The van der Waals surface area contributed by atoms with Crippen molar-refractivity contribution in [3.63, 3.8) is 0 Å². The second-order valence-corrected chi connectivity index (χ2v) is 5.84. The van der Waals surface area contributed by atoms with E-state index < -0.39 is 11.9 Å². The SMILES string of the molecule is O=C(O)C(Cc1ccc(Br)cc1F)C1CCCC1. The van der Waals surface area contributed by atoms with Gasteiger partial charge < -0.3 is 5.11 Å². The molecule has 1 fully saturated rings. The number of carbonyl (C=O) groups is 1. The van der Waals surface area contributed by atoms with Crippen molar-refractivity contribution < 1.29 is 14.3 Å². The van der Waals surface area contributed by atoms with E-state index in [1.807, 2.05) is 0 Å². The molecule has 0 heterocycles. The van der Waals surface area contributed by atoms with E-state index in [0.29, 0.717) is 16.5 Å². The van der Waals surface area contributed by atoms with Crippen molar-refractivity contribution in [2.24, 2.45) is 11.8 Å². The molecule has 1 aromatic carbocycles. The Morgan fingerprint density at radius 1 is 1.44 bits per heavy atom. The average Bonchev–Trinajstić information content (AvgIpc) is 2.80. The molecule has 1 atom stereocenters. The Labute approximate surface area is 114 Å². The Morgan fingerprint density at radius 3 is 2.67 bits per heavy atom. The molecule has 0 radical (unpaired) electrons. The molecule has 1 aliphatic carbocycles. The summed E-state index contributed by atoms with van der Waals surface area (Å²) >= 11 is 3.20. The lowest BCUT2D eigenvalue weighted by Crippen LogP contribution is -2.24. The molecule has 1 saturated carbocycles. The molecule has 0 aromatic heterocycles. The first kappa shape index (κ1) is 13.5. The number of halogens is 2. The molecular formula is C14H16BrFO2. The lowest BCUT2D eigenvalue weighted by atomic mass is 9.85. The van der Waals surface area contributed by atoms with Gasteiger partial charge in [-0.15, -0.1) is 0 Å². The first-order valence-corrected chi connectivity index (χ1v) is 7.04. The highest BCUT2D eigenvalue weighted by Crippen LogP contribution is 2.34. The van der Waals surface area contributed by atoms with Crippen molar-refractivity contribution in [3.05, 3.63) is 34.1 Å². The maximum Gasteiger partial charge on any atom is 0.307 e. The summed E-state index contributed by atoms with van der Waals surface area (Å²) in [7, 11) is 0. The van der Waals surface area contributed by atoms with Crippen LogP contribution in [0.25, 0.3) is 0 Å². The third-order valence-electron chi connectivity index (χ3n) is 3.74. The highest BCUT2D eigenvalue weighted by atomic mass is 79.9. The normalized spacial score (nSPS) is 17.9. The standard InChI is InChI=1S/C14H16BrFO2/c15-11-6-5-10(13(16)8-11)7-12(14(17)18)9-3-1-2-4-9/h5-6,8-9,12H,1-4,7H2,(H,17,18). The maximum absolute atomic E-state index is 13.7. The molecule has 2 rings (SSSR count). The minimum Gasteiger partial charge on any atom is -0.481 e. The van der Waals surface area contributed by atoms with Gasteiger partial charge in [0.15, 0.2) is 0 Å². The summed E-state index contributed by atoms with van der Waals surface area (Å²) < 4.78 is 14.4. The van der Waals surface area contributed by atoms with Gasteiger partial charge in [-0.1, -0.05) is 34.8 Å². The molecule has 2 nitrogen and oxygen atoms in total. The molecule has 0 spiro atoms. The van der Waals surface area contributed by atoms with Crippen LogP contribution in [0.4, 0.5) is 4.39 Å². The number of benzene rings is 1. The largest absolute Gasteiger partial charge is 0.481 e. The molecule has 0 amide bonds. The van der Waals surface area contributed by atoms with Gasteiger partial charge in [0.1, 0.15) is 5.82 Å². The van der Waals surface area contributed by atoms with Crippen LogP contribution in [0.5, 0.6) is 0 Å². The van der Waals surface area contributed by atoms with Gasteiger partial charge in [0.2, 0.25) is 0 Å². The Morgan fingerprint density at radius 2 is 2.11 bits per heavy atom. The van der Waals surface area contributed by atoms with E-state index in [9.17, 15) is 14.3 Å². The van der Waals surface area contributed by atoms with Crippen molar-refractivity contribution in [1.82, 2.24) is 0 Å². The second-order valence-electron chi connectivity index (χ2n) is 4.93. The summed E-state index contributed by atoms with van der Waals surface area (Å²) in [5.74, 6) is -1.38. The Hall–Kier alpha value is -0.900. The number of rotatable bonds is 4. The van der Waals surface area contributed by atoms with E-state index in [2.05, 4.69) is 15.9 Å². The van der Waals surface area contributed by atoms with Crippen LogP contribution in [-0.4, -0.2) is 11.1 Å². The fourth-order valence-corrected chi connectivity index (χ4v) is 3.07. The molecule has 1 aliphatic rings. The molecular weight excluding hydrogens is 299 g/mol.